The Balaban J connectivity index is 2.23. The molecule has 0 aliphatic carbocycles. The summed E-state index contributed by atoms with van der Waals surface area (Å²) in [6.07, 6.45) is 0.700. The molecule has 90 valence electrons. The number of amides is 3. The third-order valence-corrected chi connectivity index (χ3v) is 3.54. The van der Waals surface area contributed by atoms with Crippen LogP contribution in [-0.2, 0) is 14.4 Å². The van der Waals surface area contributed by atoms with Crippen LogP contribution in [0.5, 0.6) is 0 Å². The van der Waals surface area contributed by atoms with Gasteiger partial charge in [-0.1, -0.05) is 0 Å². The number of piperidine rings is 1. The summed E-state index contributed by atoms with van der Waals surface area (Å²) in [7, 11) is 5.37. The first kappa shape index (κ1) is 12.1. The number of rotatable bonds is 2. The quantitative estimate of drug-likeness (QED) is 0.357. The number of nitrogens with zero attached hydrogens (tertiary/aromatic N) is 2. The van der Waals surface area contributed by atoms with Gasteiger partial charge in [0.15, 0.2) is 0 Å². The van der Waals surface area contributed by atoms with Gasteiger partial charge in [0.25, 0.3) is 0 Å². The van der Waals surface area contributed by atoms with E-state index in [1.807, 2.05) is 0 Å². The van der Waals surface area contributed by atoms with Crippen LogP contribution >= 0.6 is 0 Å². The van der Waals surface area contributed by atoms with Crippen LogP contribution in [0.4, 0.5) is 0 Å². The Kier molecular flexibility index (Phi) is 2.95. The Hall–Kier alpha value is -1.37. The van der Waals surface area contributed by atoms with Gasteiger partial charge in [-0.2, -0.15) is 0 Å². The topological polar surface area (TPSA) is 77.9 Å². The van der Waals surface area contributed by atoms with Gasteiger partial charge in [-0.25, -0.2) is 0 Å². The number of likely N-dealkylation sites (tertiary alicyclic amines) is 1. The fourth-order valence-electron chi connectivity index (χ4n) is 2.49. The Bertz CT molecular complexity index is 387. The van der Waals surface area contributed by atoms with Crippen LogP contribution in [0.25, 0.3) is 0 Å². The Morgan fingerprint density at radius 2 is 1.94 bits per heavy atom. The second kappa shape index (κ2) is 4.14. The first-order valence-corrected chi connectivity index (χ1v) is 5.55. The standard InChI is InChI=1S/C10H13BN2O4/c11-13-7(15)1-2-10(9(13)17)3-4-12(5-6-14)8(10)16/h14H,1-6H2. The second-order valence-electron chi connectivity index (χ2n) is 4.42. The predicted molar refractivity (Wildman–Crippen MR) is 57.6 cm³/mol. The Morgan fingerprint density at radius 1 is 1.24 bits per heavy atom. The van der Waals surface area contributed by atoms with Crippen molar-refractivity contribution in [1.82, 2.24) is 9.71 Å². The average Bonchev–Trinajstić information content (AvgIpc) is 2.62. The number of hydrogen-bond acceptors (Lipinski definition) is 4. The van der Waals surface area contributed by atoms with E-state index in [1.54, 1.807) is 0 Å². The monoisotopic (exact) mass is 236 g/mol. The first-order chi connectivity index (χ1) is 8.03. The van der Waals surface area contributed by atoms with Crippen molar-refractivity contribution in [2.45, 2.75) is 19.3 Å². The molecule has 17 heavy (non-hydrogen) atoms. The van der Waals surface area contributed by atoms with Crippen LogP contribution in [0.15, 0.2) is 0 Å². The summed E-state index contributed by atoms with van der Waals surface area (Å²) in [5.74, 6) is -1.38. The highest BCUT2D eigenvalue weighted by molar-refractivity contribution is 6.29. The lowest BCUT2D eigenvalue weighted by molar-refractivity contribution is -0.156. The lowest BCUT2D eigenvalue weighted by Gasteiger charge is -2.35. The molecule has 0 aromatic heterocycles. The SMILES string of the molecule is [B]N1C(=O)CCC2(CCN(CCO)C2=O)C1=O. The van der Waals surface area contributed by atoms with Gasteiger partial charge in [0.05, 0.1) is 6.61 Å². The van der Waals surface area contributed by atoms with Crippen molar-refractivity contribution in [2.24, 2.45) is 5.41 Å². The Morgan fingerprint density at radius 3 is 2.59 bits per heavy atom. The smallest absolute Gasteiger partial charge is 0.242 e. The van der Waals surface area contributed by atoms with E-state index in [0.29, 0.717) is 17.8 Å². The van der Waals surface area contributed by atoms with Gasteiger partial charge in [-0.15, -0.1) is 0 Å². The molecule has 2 aliphatic rings. The minimum Gasteiger partial charge on any atom is -0.395 e. The molecule has 0 saturated carbocycles. The summed E-state index contributed by atoms with van der Waals surface area (Å²) in [5, 5.41) is 8.82. The van der Waals surface area contributed by atoms with E-state index in [4.69, 9.17) is 13.1 Å². The van der Waals surface area contributed by atoms with Gasteiger partial charge in [-0.3, -0.25) is 14.4 Å². The van der Waals surface area contributed by atoms with E-state index >= 15 is 0 Å². The predicted octanol–water partition coefficient (Wildman–Crippen LogP) is -1.57. The minimum atomic E-state index is -1.17. The number of carbonyl (C=O) groups excluding carboxylic acids is 3. The molecule has 2 radical (unpaired) electrons. The van der Waals surface area contributed by atoms with Crippen molar-refractivity contribution in [1.29, 1.82) is 0 Å². The summed E-state index contributed by atoms with van der Waals surface area (Å²) in [6.45, 7) is 0.501. The third kappa shape index (κ3) is 1.65. The summed E-state index contributed by atoms with van der Waals surface area (Å²) < 4.78 is 0. The van der Waals surface area contributed by atoms with E-state index in [9.17, 15) is 14.4 Å². The minimum absolute atomic E-state index is 0.112. The second-order valence-corrected chi connectivity index (χ2v) is 4.42. The van der Waals surface area contributed by atoms with Crippen LogP contribution in [0.1, 0.15) is 19.3 Å². The fraction of sp³-hybridized carbons (Fsp3) is 0.700. The van der Waals surface area contributed by atoms with Crippen molar-refractivity contribution in [3.63, 3.8) is 0 Å². The van der Waals surface area contributed by atoms with E-state index in [-0.39, 0.29) is 31.9 Å². The number of imide groups is 1. The number of aliphatic hydroxyl groups excluding tert-OH is 1. The van der Waals surface area contributed by atoms with Gasteiger partial charge in [0.1, 0.15) is 5.41 Å². The first-order valence-electron chi connectivity index (χ1n) is 5.55. The zero-order valence-corrected chi connectivity index (χ0v) is 9.39. The molecule has 0 aromatic carbocycles. The fourth-order valence-corrected chi connectivity index (χ4v) is 2.49. The van der Waals surface area contributed by atoms with Crippen LogP contribution in [0, 0.1) is 5.41 Å². The molecule has 2 saturated heterocycles. The van der Waals surface area contributed by atoms with E-state index in [1.165, 1.54) is 4.90 Å². The maximum atomic E-state index is 12.1. The molecule has 2 heterocycles. The molecular formula is C10H13BN2O4. The van der Waals surface area contributed by atoms with Gasteiger partial charge in [0.2, 0.25) is 25.7 Å². The average molecular weight is 236 g/mol. The normalized spacial score (nSPS) is 29.6. The van der Waals surface area contributed by atoms with E-state index < -0.39 is 17.2 Å². The molecule has 3 amide bonds. The molecular weight excluding hydrogens is 223 g/mol. The third-order valence-electron chi connectivity index (χ3n) is 3.54. The highest BCUT2D eigenvalue weighted by atomic mass is 16.3. The van der Waals surface area contributed by atoms with Crippen LogP contribution in [0.3, 0.4) is 0 Å². The molecule has 7 heteroatoms. The van der Waals surface area contributed by atoms with Crippen molar-refractivity contribution in [2.75, 3.05) is 19.7 Å². The largest absolute Gasteiger partial charge is 0.395 e. The number of hydrogen-bond donors (Lipinski definition) is 1. The molecule has 6 nitrogen and oxygen atoms in total. The lowest BCUT2D eigenvalue weighted by Crippen LogP contribution is -2.54. The van der Waals surface area contributed by atoms with Crippen molar-refractivity contribution in [3.05, 3.63) is 0 Å². The van der Waals surface area contributed by atoms with Crippen molar-refractivity contribution < 1.29 is 19.5 Å². The molecule has 0 aromatic rings. The van der Waals surface area contributed by atoms with Crippen molar-refractivity contribution >= 4 is 25.7 Å². The summed E-state index contributed by atoms with van der Waals surface area (Å²) in [4.78, 5) is 37.4. The molecule has 1 unspecified atom stereocenters. The molecule has 1 spiro atoms. The molecule has 2 aliphatic heterocycles. The van der Waals surface area contributed by atoms with E-state index in [2.05, 4.69) is 0 Å². The van der Waals surface area contributed by atoms with E-state index in [0.717, 1.165) is 0 Å². The number of carbonyl (C=O) groups is 3. The number of β-amino-alcohol motifs (C(OH)–C–C–N with tert-alkyl or cyclic N) is 1. The number of aliphatic hydroxyl groups is 1. The van der Waals surface area contributed by atoms with Crippen LogP contribution in [-0.4, -0.2) is 60.2 Å². The maximum absolute atomic E-state index is 12.1. The Labute approximate surface area is 100.0 Å². The highest BCUT2D eigenvalue weighted by Gasteiger charge is 2.55. The molecule has 1 N–H and O–H groups in total. The van der Waals surface area contributed by atoms with Crippen LogP contribution in [0.2, 0.25) is 0 Å². The highest BCUT2D eigenvalue weighted by Crippen LogP contribution is 2.40. The van der Waals surface area contributed by atoms with Gasteiger partial charge in [-0.05, 0) is 12.8 Å². The maximum Gasteiger partial charge on any atom is 0.242 e. The van der Waals surface area contributed by atoms with Gasteiger partial charge in [0, 0.05) is 19.5 Å². The molecule has 0 bridgehead atoms. The lowest BCUT2D eigenvalue weighted by atomic mass is 9.76. The van der Waals surface area contributed by atoms with Gasteiger partial charge < -0.3 is 14.8 Å². The van der Waals surface area contributed by atoms with Crippen molar-refractivity contribution in [3.8, 4) is 0 Å². The summed E-state index contributed by atoms with van der Waals surface area (Å²) in [6, 6.07) is 0. The van der Waals surface area contributed by atoms with Crippen LogP contribution < -0.4 is 0 Å². The molecule has 2 rings (SSSR count). The molecule has 2 fully saturated rings. The summed E-state index contributed by atoms with van der Waals surface area (Å²) >= 11 is 0. The zero-order valence-electron chi connectivity index (χ0n) is 9.39. The summed E-state index contributed by atoms with van der Waals surface area (Å²) in [5.41, 5.74) is -1.17. The zero-order chi connectivity index (χ0) is 12.6. The molecule has 1 atom stereocenters. The van der Waals surface area contributed by atoms with Gasteiger partial charge >= 0.3 is 0 Å².